The third kappa shape index (κ3) is 6.54. The van der Waals surface area contributed by atoms with Crippen LogP contribution in [0.15, 0.2) is 23.2 Å². The van der Waals surface area contributed by atoms with E-state index in [1.165, 1.54) is 6.92 Å². The molecule has 1 N–H and O–H groups in total. The lowest BCUT2D eigenvalue weighted by Gasteiger charge is -2.25. The maximum Gasteiger partial charge on any atom is 0.471 e. The molecule has 0 radical (unpaired) electrons. The number of nitrogens with one attached hydrogen (secondary N) is 1. The molecule has 1 aromatic carbocycles. The molecular weight excluding hydrogens is 392 g/mol. The first-order valence-electron chi connectivity index (χ1n) is 7.31. The Morgan fingerprint density at radius 3 is 2.44 bits per heavy atom. The minimum atomic E-state index is -5.13. The minimum Gasteiger partial charge on any atom is -0.458 e. The van der Waals surface area contributed by atoms with E-state index in [2.05, 4.69) is 21.9 Å². The van der Waals surface area contributed by atoms with E-state index in [9.17, 15) is 31.9 Å². The molecule has 11 heteroatoms. The maximum absolute atomic E-state index is 14.3. The topological polar surface area (TPSA) is 84.8 Å². The molecule has 27 heavy (non-hydrogen) atoms. The Morgan fingerprint density at radius 2 is 1.93 bits per heavy atom. The molecule has 1 amide bonds. The van der Waals surface area contributed by atoms with E-state index in [-0.39, 0.29) is 11.3 Å². The number of hydrogen-bond acceptors (Lipinski definition) is 6. The fourth-order valence-corrected chi connectivity index (χ4v) is 2.33. The van der Waals surface area contributed by atoms with Crippen molar-refractivity contribution in [1.82, 2.24) is 0 Å². The number of carbonyl (C=O) groups is 3. The van der Waals surface area contributed by atoms with Crippen LogP contribution in [0, 0.1) is 5.82 Å². The number of isothiocyanates is 1. The van der Waals surface area contributed by atoms with E-state index in [4.69, 9.17) is 0 Å². The molecule has 0 saturated carbocycles. The molecule has 0 saturated heterocycles. The van der Waals surface area contributed by atoms with Gasteiger partial charge in [0.2, 0.25) is 0 Å². The summed E-state index contributed by atoms with van der Waals surface area (Å²) in [6.45, 7) is 1.80. The lowest BCUT2D eigenvalue weighted by Crippen LogP contribution is -2.30. The van der Waals surface area contributed by atoms with Crippen LogP contribution in [-0.2, 0) is 24.7 Å². The van der Waals surface area contributed by atoms with E-state index in [0.29, 0.717) is 0 Å². The monoisotopic (exact) mass is 406 g/mol. The Labute approximate surface area is 156 Å². The van der Waals surface area contributed by atoms with Crippen LogP contribution in [0.1, 0.15) is 25.8 Å². The number of aliphatic imine (C=N–C) groups is 1. The van der Waals surface area contributed by atoms with Crippen LogP contribution in [-0.4, -0.2) is 35.6 Å². The number of carbonyl (C=O) groups excluding carboxylic acids is 3. The summed E-state index contributed by atoms with van der Waals surface area (Å²) in [7, 11) is 0. The first-order chi connectivity index (χ1) is 12.4. The Bertz CT molecular complexity index is 806. The van der Waals surface area contributed by atoms with Gasteiger partial charge in [-0.3, -0.25) is 14.4 Å². The summed E-state index contributed by atoms with van der Waals surface area (Å²) in [4.78, 5) is 37.5. The van der Waals surface area contributed by atoms with Gasteiger partial charge in [-0.2, -0.15) is 13.2 Å². The summed E-state index contributed by atoms with van der Waals surface area (Å²) in [5, 5.41) is 3.59. The average molecular weight is 406 g/mol. The molecule has 1 rings (SSSR count). The smallest absolute Gasteiger partial charge is 0.458 e. The van der Waals surface area contributed by atoms with Crippen molar-refractivity contribution in [2.45, 2.75) is 32.0 Å². The molecule has 0 bridgehead atoms. The zero-order valence-electron chi connectivity index (χ0n) is 14.1. The van der Waals surface area contributed by atoms with Crippen LogP contribution in [0.25, 0.3) is 0 Å². The summed E-state index contributed by atoms with van der Waals surface area (Å²) >= 11 is 4.50. The van der Waals surface area contributed by atoms with Gasteiger partial charge in [0.05, 0.1) is 5.16 Å². The fraction of sp³-hybridized carbons (Fsp3) is 0.375. The van der Waals surface area contributed by atoms with Gasteiger partial charge in [0.15, 0.2) is 5.78 Å². The van der Waals surface area contributed by atoms with Crippen LogP contribution in [0.2, 0.25) is 0 Å². The molecule has 0 unspecified atom stereocenters. The predicted octanol–water partition coefficient (Wildman–Crippen LogP) is 3.17. The van der Waals surface area contributed by atoms with Crippen molar-refractivity contribution in [3.8, 4) is 0 Å². The van der Waals surface area contributed by atoms with Crippen molar-refractivity contribution >= 4 is 40.7 Å². The van der Waals surface area contributed by atoms with Crippen molar-refractivity contribution in [3.63, 3.8) is 0 Å². The number of esters is 1. The standard InChI is InChI=1S/C16H14F4N2O4S/c1-9(23)26-7-11(24)6-15(2,21-8-27)12-5-10(3-4-13(12)17)22-14(25)16(18,19)20/h3-5H,6-7H2,1-2H3,(H,22,25)/t15-/m0/s1. The molecule has 0 heterocycles. The van der Waals surface area contributed by atoms with Crippen LogP contribution in [0.4, 0.5) is 23.2 Å². The molecule has 0 aliphatic carbocycles. The molecule has 6 nitrogen and oxygen atoms in total. The van der Waals surface area contributed by atoms with Crippen LogP contribution in [0.3, 0.4) is 0 Å². The first-order valence-corrected chi connectivity index (χ1v) is 7.72. The number of benzene rings is 1. The molecule has 0 aromatic heterocycles. The Hall–Kier alpha value is -2.65. The third-order valence-electron chi connectivity index (χ3n) is 3.33. The number of alkyl halides is 3. The molecular formula is C16H14F4N2O4S. The molecule has 146 valence electrons. The van der Waals surface area contributed by atoms with Crippen molar-refractivity contribution < 1.29 is 36.7 Å². The maximum atomic E-state index is 14.3. The van der Waals surface area contributed by atoms with Crippen molar-refractivity contribution in [2.24, 2.45) is 4.99 Å². The van der Waals surface area contributed by atoms with E-state index in [0.717, 1.165) is 25.1 Å². The number of thiocarbonyl (C=S) groups is 1. The Kier molecular flexibility index (Phi) is 7.32. The van der Waals surface area contributed by atoms with Crippen LogP contribution < -0.4 is 5.32 Å². The van der Waals surface area contributed by atoms with Crippen molar-refractivity contribution in [1.29, 1.82) is 0 Å². The van der Waals surface area contributed by atoms with E-state index in [1.54, 1.807) is 5.32 Å². The minimum absolute atomic E-state index is 0.295. The highest BCUT2D eigenvalue weighted by Gasteiger charge is 2.39. The summed E-state index contributed by atoms with van der Waals surface area (Å²) in [5.74, 6) is -4.47. The largest absolute Gasteiger partial charge is 0.471 e. The molecule has 1 atom stereocenters. The zero-order valence-corrected chi connectivity index (χ0v) is 15.0. The number of halogens is 4. The highest BCUT2D eigenvalue weighted by molar-refractivity contribution is 7.78. The number of anilines is 1. The van der Waals surface area contributed by atoms with Gasteiger partial charge in [0.1, 0.15) is 18.0 Å². The van der Waals surface area contributed by atoms with Gasteiger partial charge in [-0.05, 0) is 37.3 Å². The molecule has 0 aliphatic rings. The second kappa shape index (κ2) is 8.83. The molecule has 1 aromatic rings. The van der Waals surface area contributed by atoms with Crippen molar-refractivity contribution in [3.05, 3.63) is 29.6 Å². The fourth-order valence-electron chi connectivity index (χ4n) is 2.13. The average Bonchev–Trinajstić information content (AvgIpc) is 2.53. The molecule has 0 spiro atoms. The SMILES string of the molecule is CC(=O)OCC(=O)C[C@](C)(N=C=S)c1cc(NC(=O)C(F)(F)F)ccc1F. The first kappa shape index (κ1) is 22.4. The highest BCUT2D eigenvalue weighted by atomic mass is 32.1. The third-order valence-corrected chi connectivity index (χ3v) is 3.42. The normalized spacial score (nSPS) is 13.1. The van der Waals surface area contributed by atoms with E-state index < -0.39 is 48.2 Å². The van der Waals surface area contributed by atoms with Gasteiger partial charge in [-0.25, -0.2) is 9.38 Å². The lowest BCUT2D eigenvalue weighted by atomic mass is 9.87. The van der Waals surface area contributed by atoms with E-state index in [1.807, 2.05) is 5.16 Å². The Morgan fingerprint density at radius 1 is 1.30 bits per heavy atom. The van der Waals surface area contributed by atoms with Gasteiger partial charge < -0.3 is 10.1 Å². The number of nitrogens with zero attached hydrogens (tertiary/aromatic N) is 1. The second-order valence-corrected chi connectivity index (χ2v) is 5.80. The predicted molar refractivity (Wildman–Crippen MR) is 89.7 cm³/mol. The highest BCUT2D eigenvalue weighted by Crippen LogP contribution is 2.33. The van der Waals surface area contributed by atoms with Gasteiger partial charge in [-0.1, -0.05) is 0 Å². The zero-order chi connectivity index (χ0) is 20.8. The van der Waals surface area contributed by atoms with Gasteiger partial charge in [0.25, 0.3) is 0 Å². The number of ether oxygens (including phenoxy) is 1. The van der Waals surface area contributed by atoms with Gasteiger partial charge in [0, 0.05) is 24.6 Å². The van der Waals surface area contributed by atoms with Crippen molar-refractivity contribution in [2.75, 3.05) is 11.9 Å². The summed E-state index contributed by atoms with van der Waals surface area (Å²) < 4.78 is 56.0. The van der Waals surface area contributed by atoms with Gasteiger partial charge >= 0.3 is 18.1 Å². The number of Topliss-reactive ketones (excluding diaryl/α,β-unsaturated/α-hetero) is 1. The van der Waals surface area contributed by atoms with Crippen LogP contribution in [0.5, 0.6) is 0 Å². The van der Waals surface area contributed by atoms with E-state index >= 15 is 0 Å². The number of amides is 1. The number of ketones is 1. The summed E-state index contributed by atoms with van der Waals surface area (Å²) in [5.41, 5.74) is -2.29. The quantitative estimate of drug-likeness (QED) is 0.325. The Balaban J connectivity index is 3.21. The number of hydrogen-bond donors (Lipinski definition) is 1. The summed E-state index contributed by atoms with van der Waals surface area (Å²) in [6.07, 6.45) is -5.61. The number of rotatable bonds is 7. The lowest BCUT2D eigenvalue weighted by molar-refractivity contribution is -0.167. The van der Waals surface area contributed by atoms with Crippen LogP contribution >= 0.6 is 12.2 Å². The van der Waals surface area contributed by atoms with Gasteiger partial charge in [-0.15, -0.1) is 0 Å². The summed E-state index contributed by atoms with van der Waals surface area (Å²) in [6, 6.07) is 2.65. The molecule has 0 fully saturated rings. The second-order valence-electron chi connectivity index (χ2n) is 5.62. The molecule has 0 aliphatic heterocycles.